The van der Waals surface area contributed by atoms with Crippen LogP contribution in [0.25, 0.3) is 0 Å². The van der Waals surface area contributed by atoms with Crippen LogP contribution in [0.4, 0.5) is 0 Å². The first-order valence-corrected chi connectivity index (χ1v) is 43.1. The molecular weight excluding hydrogens is 1360 g/mol. The molecule has 0 saturated heterocycles. The molecule has 0 spiro atoms. The Labute approximate surface area is 652 Å². The number of esters is 2. The summed E-state index contributed by atoms with van der Waals surface area (Å²) in [6.07, 6.45) is 18.3. The van der Waals surface area contributed by atoms with Crippen LogP contribution in [0.15, 0.2) is 47.3 Å². The van der Waals surface area contributed by atoms with Gasteiger partial charge in [0.15, 0.2) is 22.7 Å². The third kappa shape index (κ3) is 23.4. The zero-order chi connectivity index (χ0) is 79.8. The molecule has 0 heterocycles. The molecular formula is C87H160O20. The minimum Gasteiger partial charge on any atom is -0.491 e. The number of rotatable bonds is 70. The van der Waals surface area contributed by atoms with Gasteiger partial charge in [-0.1, -0.05) is 241 Å². The van der Waals surface area contributed by atoms with Crippen LogP contribution in [0.3, 0.4) is 0 Å². The Morgan fingerprint density at radius 2 is 0.421 bits per heavy atom. The SMILES string of the molecule is C=C(C)C(=O)OC1(OCCCC)C(OCCCC)=C(OCCCC)C(OCCCC)(C(C)(C)C2(OCCCC)C(OCCCC)=C(OCCCC)C(OCCCC)(OC(=O)C(=C)C)C(OCCCC)(OCCCC)C2(OCCCC)OCCCC)C(OCCCC)(OCCCC)C1(OCCCC)OCCCC. The predicted octanol–water partition coefficient (Wildman–Crippen LogP) is 21.4. The molecule has 4 unspecified atom stereocenters. The Kier molecular flexibility index (Phi) is 49.9. The van der Waals surface area contributed by atoms with E-state index in [0.29, 0.717) is 205 Å². The van der Waals surface area contributed by atoms with E-state index in [1.54, 1.807) is 13.8 Å². The van der Waals surface area contributed by atoms with E-state index in [4.69, 9.17) is 85.3 Å². The van der Waals surface area contributed by atoms with Crippen LogP contribution in [-0.2, 0) is 94.9 Å². The van der Waals surface area contributed by atoms with Gasteiger partial charge in [-0.05, 0) is 117 Å². The Bertz CT molecular complexity index is 2270. The lowest BCUT2D eigenvalue weighted by atomic mass is 9.49. The van der Waals surface area contributed by atoms with Gasteiger partial charge in [0.05, 0.1) is 92.5 Å². The Hall–Kier alpha value is -3.38. The minimum absolute atomic E-state index is 0.0258. The molecule has 0 bridgehead atoms. The molecule has 0 radical (unpaired) electrons. The van der Waals surface area contributed by atoms with Crippen LogP contribution in [0, 0.1) is 5.41 Å². The van der Waals surface area contributed by atoms with Gasteiger partial charge < -0.3 is 85.3 Å². The van der Waals surface area contributed by atoms with Crippen LogP contribution >= 0.6 is 0 Å². The Balaban J connectivity index is 4.97. The van der Waals surface area contributed by atoms with Crippen molar-refractivity contribution < 1.29 is 94.9 Å². The van der Waals surface area contributed by atoms with Crippen molar-refractivity contribution in [2.24, 2.45) is 5.41 Å². The standard InChI is InChI=1S/C87H160O20/c1-23-39-55-90-73-75(92-57-41-25-3)82(96-61-45-29-7,106-77(88)71(17)18)86(102-67-51-35-13,103-68-52-36-14)84(98-63-47-31-9,99-64-48-32-10)80(73,94-59-43-27-5)79(21,22)81(95-60-44-28-6)74(91-56-40-24-2)76(93-58-42-26-4)83(97-62-46-30-8,107-78(89)72(19)20)87(104-69-53-37-15,105-70-54-38-16)85(81,100-65-49-33-11)101-66-50-34-12/h17,19,23-70H2,1-16,18,20-22H3. The molecule has 0 fully saturated rings. The molecule has 107 heavy (non-hydrogen) atoms. The second kappa shape index (κ2) is 53.6. The summed E-state index contributed by atoms with van der Waals surface area (Å²) in [6, 6.07) is 0. The van der Waals surface area contributed by atoms with Crippen molar-refractivity contribution in [1.82, 2.24) is 0 Å². The van der Waals surface area contributed by atoms with Crippen molar-refractivity contribution >= 4 is 11.9 Å². The Morgan fingerprint density at radius 1 is 0.252 bits per heavy atom. The Morgan fingerprint density at radius 3 is 0.617 bits per heavy atom. The normalized spacial score (nSPS) is 21.0. The van der Waals surface area contributed by atoms with E-state index in [1.165, 1.54) is 0 Å². The fraction of sp³-hybridized carbons (Fsp3) is 0.885. The molecule has 2 aliphatic rings. The third-order valence-corrected chi connectivity index (χ3v) is 19.9. The van der Waals surface area contributed by atoms with Crippen LogP contribution in [-0.4, -0.2) is 164 Å². The van der Waals surface area contributed by atoms with Gasteiger partial charge >= 0.3 is 35.1 Å². The molecule has 0 saturated carbocycles. The molecule has 2 rings (SSSR count). The maximum atomic E-state index is 15.9. The van der Waals surface area contributed by atoms with Crippen LogP contribution in [0.2, 0.25) is 0 Å². The molecule has 0 amide bonds. The van der Waals surface area contributed by atoms with Crippen molar-refractivity contribution in [3.05, 3.63) is 47.3 Å². The smallest absolute Gasteiger partial charge is 0.337 e. The quantitative estimate of drug-likeness (QED) is 0.0241. The zero-order valence-electron chi connectivity index (χ0n) is 72.0. The van der Waals surface area contributed by atoms with Crippen molar-refractivity contribution in [2.75, 3.05) is 106 Å². The summed E-state index contributed by atoms with van der Waals surface area (Å²) in [6.45, 7) is 49.1. The van der Waals surface area contributed by atoms with Crippen LogP contribution in [0.1, 0.15) is 344 Å². The van der Waals surface area contributed by atoms with E-state index in [2.05, 4.69) is 124 Å². The second-order valence-electron chi connectivity index (χ2n) is 29.6. The predicted molar refractivity (Wildman–Crippen MR) is 425 cm³/mol. The molecule has 4 atom stereocenters. The van der Waals surface area contributed by atoms with E-state index in [1.807, 2.05) is 13.8 Å². The molecule has 0 aromatic heterocycles. The van der Waals surface area contributed by atoms with Gasteiger partial charge in [0.1, 0.15) is 0 Å². The minimum atomic E-state index is -2.68. The lowest BCUT2D eigenvalue weighted by molar-refractivity contribution is -0.553. The number of hydrogen-bond acceptors (Lipinski definition) is 20. The highest BCUT2D eigenvalue weighted by Gasteiger charge is 2.96. The average molecular weight is 1530 g/mol. The first-order valence-electron chi connectivity index (χ1n) is 43.1. The molecule has 20 heteroatoms. The highest BCUT2D eigenvalue weighted by molar-refractivity contribution is 5.88. The maximum Gasteiger partial charge on any atom is 0.337 e. The average Bonchev–Trinajstić information content (AvgIpc) is 0.631. The summed E-state index contributed by atoms with van der Waals surface area (Å²) < 4.78 is 146. The van der Waals surface area contributed by atoms with Crippen LogP contribution < -0.4 is 0 Å². The van der Waals surface area contributed by atoms with Gasteiger partial charge in [0, 0.05) is 29.8 Å². The summed E-state index contributed by atoms with van der Waals surface area (Å²) >= 11 is 0. The first-order chi connectivity index (χ1) is 51.7. The molecule has 0 N–H and O–H groups in total. The number of hydrogen-bond donors (Lipinski definition) is 0. The summed E-state index contributed by atoms with van der Waals surface area (Å²) in [4.78, 5) is 31.8. The van der Waals surface area contributed by atoms with E-state index < -0.39 is 63.3 Å². The summed E-state index contributed by atoms with van der Waals surface area (Å²) in [7, 11) is 0. The van der Waals surface area contributed by atoms with E-state index in [-0.39, 0.29) is 140 Å². The van der Waals surface area contributed by atoms with Gasteiger partial charge in [-0.2, -0.15) is 0 Å². The molecule has 2 aliphatic carbocycles. The van der Waals surface area contributed by atoms with E-state index >= 15 is 9.59 Å². The first kappa shape index (κ1) is 99.7. The second-order valence-corrected chi connectivity index (χ2v) is 29.6. The van der Waals surface area contributed by atoms with Crippen molar-refractivity contribution in [3.8, 4) is 0 Å². The van der Waals surface area contributed by atoms with Gasteiger partial charge in [0.2, 0.25) is 11.5 Å². The highest BCUT2D eigenvalue weighted by atomic mass is 16.9. The molecule has 0 aromatic carbocycles. The number of unbranched alkanes of at least 4 members (excludes halogenated alkanes) is 16. The fourth-order valence-electron chi connectivity index (χ4n) is 13.5. The summed E-state index contributed by atoms with van der Waals surface area (Å²) in [5.41, 5.74) is -7.11. The lowest BCUT2D eigenvalue weighted by Crippen LogP contribution is -2.93. The number of ether oxygens (including phenoxy) is 18. The van der Waals surface area contributed by atoms with Crippen molar-refractivity contribution in [3.63, 3.8) is 0 Å². The van der Waals surface area contributed by atoms with Crippen molar-refractivity contribution in [1.29, 1.82) is 0 Å². The summed E-state index contributed by atoms with van der Waals surface area (Å²) in [5, 5.41) is 0. The highest BCUT2D eigenvalue weighted by Crippen LogP contribution is 2.74. The molecule has 20 nitrogen and oxygen atoms in total. The maximum absolute atomic E-state index is 15.9. The van der Waals surface area contributed by atoms with E-state index in [9.17, 15) is 0 Å². The van der Waals surface area contributed by atoms with Gasteiger partial charge in [0.25, 0.3) is 11.6 Å². The molecule has 0 aliphatic heterocycles. The third-order valence-electron chi connectivity index (χ3n) is 19.9. The lowest BCUT2D eigenvalue weighted by Gasteiger charge is -2.72. The molecule has 628 valence electrons. The van der Waals surface area contributed by atoms with Gasteiger partial charge in [-0.3, -0.25) is 0 Å². The topological polar surface area (TPSA) is 200 Å². The fourth-order valence-corrected chi connectivity index (χ4v) is 13.5. The van der Waals surface area contributed by atoms with Gasteiger partial charge in [-0.25, -0.2) is 9.59 Å². The van der Waals surface area contributed by atoms with E-state index in [0.717, 1.165) is 0 Å². The van der Waals surface area contributed by atoms with Crippen LogP contribution in [0.5, 0.6) is 0 Å². The molecule has 0 aromatic rings. The zero-order valence-corrected chi connectivity index (χ0v) is 72.0. The van der Waals surface area contributed by atoms with Crippen molar-refractivity contribution in [2.45, 2.75) is 390 Å². The largest absolute Gasteiger partial charge is 0.491 e. The number of carbonyl (C=O) groups is 2. The van der Waals surface area contributed by atoms with Gasteiger partial charge in [-0.15, -0.1) is 0 Å². The number of carbonyl (C=O) groups excluding carboxylic acids is 2. The monoisotopic (exact) mass is 1530 g/mol. The summed E-state index contributed by atoms with van der Waals surface area (Å²) in [5.74, 6) is -18.0.